The lowest BCUT2D eigenvalue weighted by atomic mass is 10.2. The van der Waals surface area contributed by atoms with Crippen LogP contribution in [-0.2, 0) is 0 Å². The molecule has 0 unspecified atom stereocenters. The van der Waals surface area contributed by atoms with Crippen molar-refractivity contribution in [2.24, 2.45) is 0 Å². The molecule has 0 aromatic heterocycles. The summed E-state index contributed by atoms with van der Waals surface area (Å²) in [6.07, 6.45) is 7.32. The van der Waals surface area contributed by atoms with Gasteiger partial charge in [0.1, 0.15) is 8.07 Å². The molecule has 0 heterocycles. The van der Waals surface area contributed by atoms with Gasteiger partial charge in [0.15, 0.2) is 0 Å². The maximum atomic E-state index is 3.40. The lowest BCUT2D eigenvalue weighted by molar-refractivity contribution is 0.896. The molecule has 12 heavy (non-hydrogen) atoms. The molecule has 0 bridgehead atoms. The van der Waals surface area contributed by atoms with E-state index in [1.165, 1.54) is 19.3 Å². The van der Waals surface area contributed by atoms with E-state index in [0.29, 0.717) is 0 Å². The van der Waals surface area contributed by atoms with Crippen LogP contribution in [0, 0.1) is 11.5 Å². The van der Waals surface area contributed by atoms with Gasteiger partial charge in [-0.15, -0.1) is 11.5 Å². The SMILES string of the molecule is C[Si](C)(C)C#CCC1=CCCC1. The third-order valence-corrected chi connectivity index (χ3v) is 2.84. The fraction of sp³-hybridized carbons (Fsp3) is 0.636. The zero-order valence-electron chi connectivity index (χ0n) is 8.41. The Labute approximate surface area is 77.1 Å². The fourth-order valence-corrected chi connectivity index (χ4v) is 1.94. The monoisotopic (exact) mass is 178 g/mol. The van der Waals surface area contributed by atoms with Gasteiger partial charge in [-0.1, -0.05) is 31.3 Å². The molecule has 1 aliphatic rings. The first-order chi connectivity index (χ1) is 5.58. The molecule has 0 nitrogen and oxygen atoms in total. The maximum Gasteiger partial charge on any atom is 0.129 e. The second kappa shape index (κ2) is 3.96. The Balaban J connectivity index is 2.37. The van der Waals surface area contributed by atoms with Gasteiger partial charge < -0.3 is 0 Å². The Morgan fingerprint density at radius 2 is 2.17 bits per heavy atom. The van der Waals surface area contributed by atoms with Crippen LogP contribution in [0.1, 0.15) is 25.7 Å². The zero-order chi connectivity index (χ0) is 9.03. The highest BCUT2D eigenvalue weighted by atomic mass is 28.3. The van der Waals surface area contributed by atoms with Crippen LogP contribution in [0.25, 0.3) is 0 Å². The average molecular weight is 178 g/mol. The first-order valence-corrected chi connectivity index (χ1v) is 8.26. The van der Waals surface area contributed by atoms with Crippen molar-refractivity contribution < 1.29 is 0 Å². The topological polar surface area (TPSA) is 0 Å². The summed E-state index contributed by atoms with van der Waals surface area (Å²) in [6, 6.07) is 0. The first kappa shape index (κ1) is 9.60. The quantitative estimate of drug-likeness (QED) is 0.328. The minimum atomic E-state index is -1.12. The molecule has 0 N–H and O–H groups in total. The normalized spacial score (nSPS) is 16.8. The summed E-state index contributed by atoms with van der Waals surface area (Å²) in [6.45, 7) is 6.88. The van der Waals surface area contributed by atoms with Gasteiger partial charge >= 0.3 is 0 Å². The summed E-state index contributed by atoms with van der Waals surface area (Å²) < 4.78 is 0. The number of rotatable bonds is 1. The van der Waals surface area contributed by atoms with Gasteiger partial charge in [0.05, 0.1) is 0 Å². The molecule has 0 aliphatic heterocycles. The van der Waals surface area contributed by atoms with Crippen LogP contribution in [0.3, 0.4) is 0 Å². The number of hydrogen-bond acceptors (Lipinski definition) is 0. The summed E-state index contributed by atoms with van der Waals surface area (Å²) in [5.74, 6) is 3.31. The highest BCUT2D eigenvalue weighted by Crippen LogP contribution is 2.19. The number of allylic oxidation sites excluding steroid dienone is 2. The van der Waals surface area contributed by atoms with Gasteiger partial charge in [-0.3, -0.25) is 0 Å². The third kappa shape index (κ3) is 3.78. The van der Waals surface area contributed by atoms with Crippen LogP contribution in [-0.4, -0.2) is 8.07 Å². The Morgan fingerprint density at radius 3 is 2.67 bits per heavy atom. The van der Waals surface area contributed by atoms with E-state index in [9.17, 15) is 0 Å². The Morgan fingerprint density at radius 1 is 1.42 bits per heavy atom. The van der Waals surface area contributed by atoms with E-state index in [1.807, 2.05) is 0 Å². The molecular formula is C11H18Si. The van der Waals surface area contributed by atoms with Crippen molar-refractivity contribution in [1.82, 2.24) is 0 Å². The minimum Gasteiger partial charge on any atom is -0.132 e. The fourth-order valence-electron chi connectivity index (χ4n) is 1.32. The zero-order valence-corrected chi connectivity index (χ0v) is 9.41. The van der Waals surface area contributed by atoms with Crippen molar-refractivity contribution in [3.63, 3.8) is 0 Å². The van der Waals surface area contributed by atoms with Gasteiger partial charge in [-0.25, -0.2) is 0 Å². The molecule has 0 saturated heterocycles. The van der Waals surface area contributed by atoms with E-state index < -0.39 is 8.07 Å². The lowest BCUT2D eigenvalue weighted by Crippen LogP contribution is -2.16. The predicted molar refractivity (Wildman–Crippen MR) is 57.7 cm³/mol. The first-order valence-electron chi connectivity index (χ1n) is 4.76. The Bertz CT molecular complexity index is 232. The van der Waals surface area contributed by atoms with Crippen LogP contribution in [0.5, 0.6) is 0 Å². The molecule has 0 amide bonds. The van der Waals surface area contributed by atoms with Crippen LogP contribution in [0.2, 0.25) is 19.6 Å². The van der Waals surface area contributed by atoms with Gasteiger partial charge in [0, 0.05) is 6.42 Å². The van der Waals surface area contributed by atoms with Crippen LogP contribution >= 0.6 is 0 Å². The van der Waals surface area contributed by atoms with E-state index >= 15 is 0 Å². The molecule has 1 rings (SSSR count). The van der Waals surface area contributed by atoms with Crippen LogP contribution < -0.4 is 0 Å². The highest BCUT2D eigenvalue weighted by Gasteiger charge is 2.07. The second-order valence-electron chi connectivity index (χ2n) is 4.48. The lowest BCUT2D eigenvalue weighted by Gasteiger charge is -2.03. The smallest absolute Gasteiger partial charge is 0.129 e. The van der Waals surface area contributed by atoms with Gasteiger partial charge in [0.2, 0.25) is 0 Å². The molecular weight excluding hydrogens is 160 g/mol. The molecule has 0 fully saturated rings. The second-order valence-corrected chi connectivity index (χ2v) is 9.23. The minimum absolute atomic E-state index is 1.03. The Kier molecular flexibility index (Phi) is 3.17. The largest absolute Gasteiger partial charge is 0.132 e. The van der Waals surface area contributed by atoms with Crippen molar-refractivity contribution in [2.75, 3.05) is 0 Å². The van der Waals surface area contributed by atoms with Crippen LogP contribution in [0.15, 0.2) is 11.6 Å². The molecule has 1 aliphatic carbocycles. The molecule has 0 atom stereocenters. The molecule has 0 aromatic rings. The van der Waals surface area contributed by atoms with Gasteiger partial charge in [-0.05, 0) is 19.3 Å². The van der Waals surface area contributed by atoms with E-state index in [0.717, 1.165) is 6.42 Å². The summed E-state index contributed by atoms with van der Waals surface area (Å²) in [5.41, 5.74) is 4.97. The maximum absolute atomic E-state index is 3.40. The molecule has 0 radical (unpaired) electrons. The summed E-state index contributed by atoms with van der Waals surface area (Å²) in [7, 11) is -1.12. The van der Waals surface area contributed by atoms with E-state index in [-0.39, 0.29) is 0 Å². The van der Waals surface area contributed by atoms with Crippen LogP contribution in [0.4, 0.5) is 0 Å². The molecule has 0 saturated carbocycles. The van der Waals surface area contributed by atoms with Crippen molar-refractivity contribution in [3.8, 4) is 11.5 Å². The third-order valence-electron chi connectivity index (χ3n) is 1.91. The van der Waals surface area contributed by atoms with E-state index in [1.54, 1.807) is 5.57 Å². The molecule has 1 heteroatoms. The van der Waals surface area contributed by atoms with Crippen molar-refractivity contribution in [3.05, 3.63) is 11.6 Å². The predicted octanol–water partition coefficient (Wildman–Crippen LogP) is 3.37. The van der Waals surface area contributed by atoms with E-state index in [2.05, 4.69) is 37.2 Å². The number of hydrogen-bond donors (Lipinski definition) is 0. The summed E-state index contributed by atoms with van der Waals surface area (Å²) in [5, 5.41) is 0. The standard InChI is InChI=1S/C11H18Si/c1-12(2,3)10-6-9-11-7-4-5-8-11/h7H,4-5,8-9H2,1-3H3. The van der Waals surface area contributed by atoms with E-state index in [4.69, 9.17) is 0 Å². The van der Waals surface area contributed by atoms with Gasteiger partial charge in [0.25, 0.3) is 0 Å². The molecule has 0 aromatic carbocycles. The average Bonchev–Trinajstić information content (AvgIpc) is 2.36. The summed E-state index contributed by atoms with van der Waals surface area (Å²) >= 11 is 0. The molecule has 66 valence electrons. The van der Waals surface area contributed by atoms with Crippen molar-refractivity contribution in [1.29, 1.82) is 0 Å². The molecule has 0 spiro atoms. The highest BCUT2D eigenvalue weighted by molar-refractivity contribution is 6.83. The Hall–Kier alpha value is -0.483. The van der Waals surface area contributed by atoms with Gasteiger partial charge in [-0.2, -0.15) is 0 Å². The van der Waals surface area contributed by atoms with Crippen molar-refractivity contribution >= 4 is 8.07 Å². The summed E-state index contributed by atoms with van der Waals surface area (Å²) in [4.78, 5) is 0. The van der Waals surface area contributed by atoms with Crippen molar-refractivity contribution in [2.45, 2.75) is 45.3 Å².